The predicted octanol–water partition coefficient (Wildman–Crippen LogP) is 5.60. The van der Waals surface area contributed by atoms with E-state index >= 15 is 0 Å². The summed E-state index contributed by atoms with van der Waals surface area (Å²) >= 11 is 5.96. The summed E-state index contributed by atoms with van der Waals surface area (Å²) in [6.45, 7) is 4.20. The average molecular weight is 618 g/mol. The largest absolute Gasteiger partial charge is 0.338 e. The number of amides is 2. The van der Waals surface area contributed by atoms with Crippen molar-refractivity contribution in [1.82, 2.24) is 14.1 Å². The molecule has 0 radical (unpaired) electrons. The van der Waals surface area contributed by atoms with Crippen LogP contribution in [0.3, 0.4) is 0 Å². The molecule has 1 fully saturated rings. The molecule has 11 heteroatoms. The van der Waals surface area contributed by atoms with Crippen molar-refractivity contribution in [3.63, 3.8) is 0 Å². The van der Waals surface area contributed by atoms with Gasteiger partial charge in [-0.2, -0.15) is 4.31 Å². The second-order valence-corrected chi connectivity index (χ2v) is 13.2. The lowest BCUT2D eigenvalue weighted by Gasteiger charge is -2.39. The van der Waals surface area contributed by atoms with Crippen LogP contribution in [0.15, 0.2) is 77.7 Å². The number of hydrogen-bond acceptors (Lipinski definition) is 4. The summed E-state index contributed by atoms with van der Waals surface area (Å²) in [7, 11) is -4.02. The number of nitrogens with zero attached hydrogens (tertiary/aromatic N) is 3. The van der Waals surface area contributed by atoms with Crippen molar-refractivity contribution in [2.24, 2.45) is 5.92 Å². The summed E-state index contributed by atoms with van der Waals surface area (Å²) in [6, 6.07) is 17.1. The lowest BCUT2D eigenvalue weighted by molar-refractivity contribution is -0.135. The van der Waals surface area contributed by atoms with Crippen LogP contribution < -0.4 is 0 Å². The Bertz CT molecular complexity index is 1490. The van der Waals surface area contributed by atoms with Crippen LogP contribution >= 0.6 is 11.6 Å². The standard InChI is InChI=1S/C31H34ClF2N3O4S/c1-22(2)19-36(42(40,41)27-13-9-24(32)10-14-27)21-30(38)37(20-23-7-11-25(33)12-8-23)26-15-17-35(18-16-26)31(39)28-5-3-4-6-29(28)34/h3-14,22,26H,15-21H2,1-2H3. The van der Waals surface area contributed by atoms with Crippen molar-refractivity contribution in [3.8, 4) is 0 Å². The first-order valence-corrected chi connectivity index (χ1v) is 15.6. The summed E-state index contributed by atoms with van der Waals surface area (Å²) in [5.74, 6) is -1.88. The monoisotopic (exact) mass is 617 g/mol. The Morgan fingerprint density at radius 1 is 0.952 bits per heavy atom. The molecule has 1 saturated heterocycles. The third-order valence-electron chi connectivity index (χ3n) is 7.22. The second kappa shape index (κ2) is 13.8. The Morgan fingerprint density at radius 3 is 2.17 bits per heavy atom. The van der Waals surface area contributed by atoms with E-state index in [0.29, 0.717) is 36.5 Å². The maximum atomic E-state index is 14.2. The highest BCUT2D eigenvalue weighted by Gasteiger charge is 2.34. The molecule has 2 amide bonds. The lowest BCUT2D eigenvalue weighted by Crippen LogP contribution is -2.51. The fourth-order valence-electron chi connectivity index (χ4n) is 5.05. The number of halogens is 3. The molecule has 0 unspecified atom stereocenters. The first-order chi connectivity index (χ1) is 20.0. The van der Waals surface area contributed by atoms with Crippen molar-refractivity contribution in [3.05, 3.63) is 101 Å². The quantitative estimate of drug-likeness (QED) is 0.297. The maximum Gasteiger partial charge on any atom is 0.256 e. The van der Waals surface area contributed by atoms with Gasteiger partial charge in [0.1, 0.15) is 11.6 Å². The van der Waals surface area contributed by atoms with E-state index in [0.717, 1.165) is 0 Å². The number of carbonyl (C=O) groups is 2. The fourth-order valence-corrected chi connectivity index (χ4v) is 6.72. The van der Waals surface area contributed by atoms with Crippen LogP contribution in [0.2, 0.25) is 5.02 Å². The summed E-state index contributed by atoms with van der Waals surface area (Å²) < 4.78 is 56.2. The molecule has 1 heterocycles. The highest BCUT2D eigenvalue weighted by Crippen LogP contribution is 2.24. The molecule has 7 nitrogen and oxygen atoms in total. The average Bonchev–Trinajstić information content (AvgIpc) is 2.96. The van der Waals surface area contributed by atoms with Crippen LogP contribution in [0.5, 0.6) is 0 Å². The van der Waals surface area contributed by atoms with Gasteiger partial charge >= 0.3 is 0 Å². The van der Waals surface area contributed by atoms with Crippen molar-refractivity contribution in [1.29, 1.82) is 0 Å². The van der Waals surface area contributed by atoms with E-state index in [9.17, 15) is 26.8 Å². The van der Waals surface area contributed by atoms with Crippen LogP contribution in [0, 0.1) is 17.6 Å². The summed E-state index contributed by atoms with van der Waals surface area (Å²) in [6.07, 6.45) is 0.836. The van der Waals surface area contributed by atoms with Crippen molar-refractivity contribution < 1.29 is 26.8 Å². The number of carbonyl (C=O) groups excluding carboxylic acids is 2. The van der Waals surface area contributed by atoms with Gasteiger partial charge in [0, 0.05) is 37.2 Å². The second-order valence-electron chi connectivity index (χ2n) is 10.8. The Kier molecular flexibility index (Phi) is 10.3. The van der Waals surface area contributed by atoms with Crippen LogP contribution in [-0.4, -0.2) is 66.6 Å². The lowest BCUT2D eigenvalue weighted by atomic mass is 10.0. The molecule has 0 N–H and O–H groups in total. The molecular weight excluding hydrogens is 584 g/mol. The van der Waals surface area contributed by atoms with Gasteiger partial charge in [-0.1, -0.05) is 49.7 Å². The SMILES string of the molecule is CC(C)CN(CC(=O)N(Cc1ccc(F)cc1)C1CCN(C(=O)c2ccccc2F)CC1)S(=O)(=O)c1ccc(Cl)cc1. The number of hydrogen-bond donors (Lipinski definition) is 0. The topological polar surface area (TPSA) is 78.0 Å². The number of sulfonamides is 1. The molecule has 3 aromatic rings. The molecule has 3 aromatic carbocycles. The smallest absolute Gasteiger partial charge is 0.256 e. The molecule has 0 atom stereocenters. The van der Waals surface area contributed by atoms with Gasteiger partial charge in [-0.05, 0) is 72.9 Å². The van der Waals surface area contributed by atoms with Gasteiger partial charge in [-0.25, -0.2) is 17.2 Å². The minimum Gasteiger partial charge on any atom is -0.338 e. The highest BCUT2D eigenvalue weighted by atomic mass is 35.5. The normalized spacial score (nSPS) is 14.4. The Labute approximate surface area is 250 Å². The Hall–Kier alpha value is -3.34. The molecule has 0 aromatic heterocycles. The molecule has 1 aliphatic rings. The molecular formula is C31H34ClF2N3O4S. The van der Waals surface area contributed by atoms with Crippen molar-refractivity contribution in [2.45, 2.75) is 44.2 Å². The van der Waals surface area contributed by atoms with Gasteiger partial charge in [-0.15, -0.1) is 0 Å². The molecule has 4 rings (SSSR count). The van der Waals surface area contributed by atoms with Gasteiger partial charge in [0.2, 0.25) is 15.9 Å². The minimum atomic E-state index is -4.02. The third kappa shape index (κ3) is 7.73. The van der Waals surface area contributed by atoms with E-state index < -0.39 is 40.0 Å². The van der Waals surface area contributed by atoms with Crippen LogP contribution in [0.4, 0.5) is 8.78 Å². The van der Waals surface area contributed by atoms with Gasteiger partial charge in [0.05, 0.1) is 17.0 Å². The van der Waals surface area contributed by atoms with Gasteiger partial charge in [0.15, 0.2) is 0 Å². The molecule has 224 valence electrons. The summed E-state index contributed by atoms with van der Waals surface area (Å²) in [4.78, 5) is 30.1. The van der Waals surface area contributed by atoms with Crippen LogP contribution in [-0.2, 0) is 21.4 Å². The highest BCUT2D eigenvalue weighted by molar-refractivity contribution is 7.89. The summed E-state index contributed by atoms with van der Waals surface area (Å²) in [5, 5.41) is 0.394. The molecule has 1 aliphatic heterocycles. The Balaban J connectivity index is 1.56. The fraction of sp³-hybridized carbons (Fsp3) is 0.355. The molecule has 0 spiro atoms. The number of likely N-dealkylation sites (tertiary alicyclic amines) is 1. The zero-order valence-electron chi connectivity index (χ0n) is 23.5. The number of benzene rings is 3. The van der Waals surface area contributed by atoms with E-state index in [-0.39, 0.29) is 35.5 Å². The first kappa shape index (κ1) is 31.6. The van der Waals surface area contributed by atoms with Crippen molar-refractivity contribution in [2.75, 3.05) is 26.2 Å². The molecule has 42 heavy (non-hydrogen) atoms. The van der Waals surface area contributed by atoms with E-state index in [1.54, 1.807) is 28.0 Å². The summed E-state index contributed by atoms with van der Waals surface area (Å²) in [5.41, 5.74) is 0.678. The third-order valence-corrected chi connectivity index (χ3v) is 9.29. The number of rotatable bonds is 10. The van der Waals surface area contributed by atoms with E-state index in [4.69, 9.17) is 11.6 Å². The van der Waals surface area contributed by atoms with Crippen molar-refractivity contribution >= 4 is 33.4 Å². The van der Waals surface area contributed by atoms with Gasteiger partial charge in [-0.3, -0.25) is 9.59 Å². The molecule has 0 bridgehead atoms. The molecule has 0 saturated carbocycles. The Morgan fingerprint density at radius 2 is 1.57 bits per heavy atom. The number of piperidine rings is 1. The zero-order valence-corrected chi connectivity index (χ0v) is 25.1. The van der Waals surface area contributed by atoms with Crippen LogP contribution in [0.1, 0.15) is 42.6 Å². The van der Waals surface area contributed by atoms with Crippen LogP contribution in [0.25, 0.3) is 0 Å². The first-order valence-electron chi connectivity index (χ1n) is 13.8. The van der Waals surface area contributed by atoms with E-state index in [1.807, 2.05) is 13.8 Å². The molecule has 0 aliphatic carbocycles. The van der Waals surface area contributed by atoms with Gasteiger partial charge in [0.25, 0.3) is 5.91 Å². The zero-order chi connectivity index (χ0) is 30.4. The van der Waals surface area contributed by atoms with E-state index in [2.05, 4.69) is 0 Å². The van der Waals surface area contributed by atoms with E-state index in [1.165, 1.54) is 58.9 Å². The maximum absolute atomic E-state index is 14.2. The minimum absolute atomic E-state index is 0.00747. The predicted molar refractivity (Wildman–Crippen MR) is 157 cm³/mol. The van der Waals surface area contributed by atoms with Gasteiger partial charge < -0.3 is 9.80 Å².